The summed E-state index contributed by atoms with van der Waals surface area (Å²) >= 11 is 0. The van der Waals surface area contributed by atoms with E-state index in [-0.39, 0.29) is 5.91 Å². The lowest BCUT2D eigenvalue weighted by atomic mass is 10.1. The number of hydrogen-bond donors (Lipinski definition) is 4. The highest BCUT2D eigenvalue weighted by Gasteiger charge is 2.10. The number of H-pyrrole nitrogens is 2. The largest absolute Gasteiger partial charge is 0.494 e. The predicted octanol–water partition coefficient (Wildman–Crippen LogP) is 6.00. The first-order chi connectivity index (χ1) is 17.7. The van der Waals surface area contributed by atoms with Crippen LogP contribution in [0.1, 0.15) is 38.5 Å². The van der Waals surface area contributed by atoms with Crippen molar-refractivity contribution >= 4 is 28.0 Å². The van der Waals surface area contributed by atoms with Crippen LogP contribution in [0.15, 0.2) is 66.7 Å². The van der Waals surface area contributed by atoms with Gasteiger partial charge in [0.2, 0.25) is 5.91 Å². The lowest BCUT2D eigenvalue weighted by Gasteiger charge is -2.07. The van der Waals surface area contributed by atoms with Crippen molar-refractivity contribution in [1.29, 1.82) is 0 Å². The summed E-state index contributed by atoms with van der Waals surface area (Å²) in [5, 5.41) is 8.48. The number of aromatic nitrogens is 4. The van der Waals surface area contributed by atoms with Gasteiger partial charge in [-0.25, -0.2) is 15.4 Å². The van der Waals surface area contributed by atoms with Crippen LogP contribution in [0.3, 0.4) is 0 Å². The molecule has 184 valence electrons. The smallest absolute Gasteiger partial charge is 0.243 e. The lowest BCUT2D eigenvalue weighted by molar-refractivity contribution is -0.129. The number of rotatable bonds is 11. The molecule has 3 aromatic carbocycles. The number of carbonyl (C=O) groups is 1. The van der Waals surface area contributed by atoms with Gasteiger partial charge in [-0.2, -0.15) is 0 Å². The van der Waals surface area contributed by atoms with Crippen molar-refractivity contribution in [2.24, 2.45) is 0 Å². The Morgan fingerprint density at radius 3 is 2.25 bits per heavy atom. The normalized spacial score (nSPS) is 11.2. The zero-order valence-corrected chi connectivity index (χ0v) is 20.0. The molecule has 1 amide bonds. The average Bonchev–Trinajstić information content (AvgIpc) is 3.54. The Kier molecular flexibility index (Phi) is 7.23. The van der Waals surface area contributed by atoms with Crippen molar-refractivity contribution in [2.45, 2.75) is 38.5 Å². The van der Waals surface area contributed by atoms with E-state index >= 15 is 0 Å². The van der Waals surface area contributed by atoms with Crippen LogP contribution < -0.4 is 10.2 Å². The molecule has 5 rings (SSSR count). The second-order valence-electron chi connectivity index (χ2n) is 8.85. The van der Waals surface area contributed by atoms with Crippen LogP contribution in [0, 0.1) is 0 Å². The van der Waals surface area contributed by atoms with Crippen LogP contribution in [0.5, 0.6) is 5.75 Å². The number of fused-ring (bicyclic) bond motifs is 2. The molecular weight excluding hydrogens is 454 g/mol. The highest BCUT2D eigenvalue weighted by Crippen LogP contribution is 2.27. The van der Waals surface area contributed by atoms with E-state index in [2.05, 4.69) is 16.0 Å². The third kappa shape index (κ3) is 5.55. The molecule has 2 heterocycles. The zero-order valence-electron chi connectivity index (χ0n) is 20.0. The highest BCUT2D eigenvalue weighted by atomic mass is 16.5. The van der Waals surface area contributed by atoms with Gasteiger partial charge in [0, 0.05) is 17.5 Å². The molecular formula is C28H29N5O3. The number of nitrogens with one attached hydrogen (secondary N) is 3. The molecule has 0 aliphatic carbocycles. The number of nitrogens with zero attached hydrogens (tertiary/aromatic N) is 2. The van der Waals surface area contributed by atoms with E-state index < -0.39 is 0 Å². The molecule has 0 fully saturated rings. The number of unbranched alkanes of at least 4 members (excludes halogenated alkanes) is 4. The Balaban J connectivity index is 1.15. The minimum Gasteiger partial charge on any atom is -0.494 e. The van der Waals surface area contributed by atoms with E-state index in [1.165, 1.54) is 0 Å². The first kappa shape index (κ1) is 23.6. The van der Waals surface area contributed by atoms with E-state index in [0.29, 0.717) is 13.0 Å². The number of carbonyl (C=O) groups excluding carboxylic acids is 1. The SMILES string of the molecule is O=C(CCCCCCCOc1ccc(-c2nc3ccc(-c4nc5ccccc5[nH]4)cc3[nH]2)cc1)NO. The van der Waals surface area contributed by atoms with Gasteiger partial charge in [-0.1, -0.05) is 31.4 Å². The van der Waals surface area contributed by atoms with Crippen molar-refractivity contribution in [3.63, 3.8) is 0 Å². The zero-order chi connectivity index (χ0) is 24.7. The number of benzene rings is 3. The first-order valence-corrected chi connectivity index (χ1v) is 12.3. The summed E-state index contributed by atoms with van der Waals surface area (Å²) in [6.45, 7) is 0.658. The van der Waals surface area contributed by atoms with Gasteiger partial charge in [-0.15, -0.1) is 0 Å². The Labute approximate surface area is 208 Å². The molecule has 0 spiro atoms. The molecule has 0 saturated carbocycles. The summed E-state index contributed by atoms with van der Waals surface area (Å²) in [4.78, 5) is 27.2. The van der Waals surface area contributed by atoms with Crippen molar-refractivity contribution in [3.05, 3.63) is 66.7 Å². The van der Waals surface area contributed by atoms with Crippen molar-refractivity contribution in [3.8, 4) is 28.5 Å². The molecule has 0 aliphatic rings. The Morgan fingerprint density at radius 1 is 0.778 bits per heavy atom. The number of ether oxygens (including phenoxy) is 1. The van der Waals surface area contributed by atoms with Gasteiger partial charge in [-0.05, 0) is 67.4 Å². The number of hydroxylamine groups is 1. The van der Waals surface area contributed by atoms with E-state index in [0.717, 1.165) is 82.7 Å². The number of hydrogen-bond acceptors (Lipinski definition) is 5. The molecule has 0 radical (unpaired) electrons. The minimum absolute atomic E-state index is 0.322. The van der Waals surface area contributed by atoms with Crippen LogP contribution in [-0.4, -0.2) is 37.7 Å². The van der Waals surface area contributed by atoms with Crippen LogP contribution in [0.2, 0.25) is 0 Å². The van der Waals surface area contributed by atoms with Gasteiger partial charge in [0.25, 0.3) is 0 Å². The quantitative estimate of drug-likeness (QED) is 0.104. The third-order valence-electron chi connectivity index (χ3n) is 6.21. The molecule has 0 unspecified atom stereocenters. The summed E-state index contributed by atoms with van der Waals surface area (Å²) in [5.41, 5.74) is 7.49. The molecule has 0 aliphatic heterocycles. The number of para-hydroxylation sites is 2. The molecule has 0 bridgehead atoms. The predicted molar refractivity (Wildman–Crippen MR) is 140 cm³/mol. The number of aromatic amines is 2. The molecule has 8 heteroatoms. The van der Waals surface area contributed by atoms with Gasteiger partial charge in [0.15, 0.2) is 0 Å². The molecule has 0 atom stereocenters. The van der Waals surface area contributed by atoms with E-state index in [1.807, 2.05) is 60.7 Å². The van der Waals surface area contributed by atoms with Gasteiger partial charge in [-0.3, -0.25) is 10.0 Å². The summed E-state index contributed by atoms with van der Waals surface area (Å²) in [7, 11) is 0. The van der Waals surface area contributed by atoms with Gasteiger partial charge in [0.1, 0.15) is 17.4 Å². The molecule has 2 aromatic heterocycles. The van der Waals surface area contributed by atoms with E-state index in [1.54, 1.807) is 5.48 Å². The Bertz CT molecular complexity index is 1420. The molecule has 8 nitrogen and oxygen atoms in total. The van der Waals surface area contributed by atoms with Crippen LogP contribution in [0.4, 0.5) is 0 Å². The summed E-state index contributed by atoms with van der Waals surface area (Å²) in [5.74, 6) is 2.16. The fourth-order valence-corrected chi connectivity index (χ4v) is 4.26. The second-order valence-corrected chi connectivity index (χ2v) is 8.85. The monoisotopic (exact) mass is 483 g/mol. The first-order valence-electron chi connectivity index (χ1n) is 12.3. The maximum Gasteiger partial charge on any atom is 0.243 e. The van der Waals surface area contributed by atoms with Crippen LogP contribution >= 0.6 is 0 Å². The van der Waals surface area contributed by atoms with Gasteiger partial charge < -0.3 is 14.7 Å². The third-order valence-corrected chi connectivity index (χ3v) is 6.21. The summed E-state index contributed by atoms with van der Waals surface area (Å²) < 4.78 is 5.87. The van der Waals surface area contributed by atoms with Gasteiger partial charge in [0.05, 0.1) is 28.7 Å². The summed E-state index contributed by atoms with van der Waals surface area (Å²) in [6.07, 6.45) is 5.19. The fourth-order valence-electron chi connectivity index (χ4n) is 4.26. The highest BCUT2D eigenvalue weighted by molar-refractivity contribution is 5.85. The van der Waals surface area contributed by atoms with Crippen LogP contribution in [0.25, 0.3) is 44.8 Å². The Hall–Kier alpha value is -4.17. The van der Waals surface area contributed by atoms with Crippen molar-refractivity contribution in [1.82, 2.24) is 25.4 Å². The standard InChI is InChI=1S/C28H29N5O3/c34-26(33-35)10-4-2-1-3-7-17-36-21-14-11-19(12-15-21)27-31-24-16-13-20(18-25(24)32-27)28-29-22-8-5-6-9-23(22)30-28/h5-6,8-9,11-16,18,35H,1-4,7,10,17H2,(H,29,30)(H,31,32)(H,33,34). The molecule has 0 saturated heterocycles. The molecule has 4 N–H and O–H groups in total. The fraction of sp³-hybridized carbons (Fsp3) is 0.250. The lowest BCUT2D eigenvalue weighted by Crippen LogP contribution is -2.17. The van der Waals surface area contributed by atoms with Crippen LogP contribution in [-0.2, 0) is 4.79 Å². The second kappa shape index (κ2) is 11.0. The topological polar surface area (TPSA) is 116 Å². The Morgan fingerprint density at radius 2 is 1.44 bits per heavy atom. The van der Waals surface area contributed by atoms with Crippen molar-refractivity contribution in [2.75, 3.05) is 6.61 Å². The molecule has 5 aromatic rings. The van der Waals surface area contributed by atoms with Crippen molar-refractivity contribution < 1.29 is 14.7 Å². The van der Waals surface area contributed by atoms with E-state index in [4.69, 9.17) is 19.9 Å². The van der Waals surface area contributed by atoms with Gasteiger partial charge >= 0.3 is 0 Å². The number of amides is 1. The number of imidazole rings is 2. The minimum atomic E-state index is -0.322. The molecule has 36 heavy (non-hydrogen) atoms. The average molecular weight is 484 g/mol. The van der Waals surface area contributed by atoms with E-state index in [9.17, 15) is 4.79 Å². The maximum atomic E-state index is 11.0. The summed E-state index contributed by atoms with van der Waals surface area (Å²) in [6, 6.07) is 22.1. The maximum absolute atomic E-state index is 11.0.